The summed E-state index contributed by atoms with van der Waals surface area (Å²) in [6.07, 6.45) is 2.72. The van der Waals surface area contributed by atoms with Crippen LogP contribution in [0.15, 0.2) is 16.5 Å². The highest BCUT2D eigenvalue weighted by atomic mass is 16.3. The Hall–Kier alpha value is -1.27. The Morgan fingerprint density at radius 1 is 1.40 bits per heavy atom. The summed E-state index contributed by atoms with van der Waals surface area (Å²) in [5, 5.41) is 8.39. The summed E-state index contributed by atoms with van der Waals surface area (Å²) >= 11 is 0. The molecule has 0 fully saturated rings. The van der Waals surface area contributed by atoms with E-state index >= 15 is 0 Å². The Morgan fingerprint density at radius 3 is 2.80 bits per heavy atom. The van der Waals surface area contributed by atoms with Crippen LogP contribution in [0, 0.1) is 18.3 Å². The Bertz CT molecular complexity index is 325. The molecule has 1 aromatic heterocycles. The summed E-state index contributed by atoms with van der Waals surface area (Å²) in [5.74, 6) is 1.97. The molecule has 82 valence electrons. The van der Waals surface area contributed by atoms with Crippen LogP contribution in [0.5, 0.6) is 0 Å². The average Bonchev–Trinajstić information content (AvgIpc) is 2.59. The minimum Gasteiger partial charge on any atom is -0.465 e. The number of hydrogen-bond donors (Lipinski definition) is 0. The normalized spacial score (nSPS) is 10.5. The lowest BCUT2D eigenvalue weighted by Crippen LogP contribution is -2.18. The topological polar surface area (TPSA) is 40.2 Å². The highest BCUT2D eigenvalue weighted by Gasteiger charge is 2.03. The van der Waals surface area contributed by atoms with Crippen LogP contribution in [0.4, 0.5) is 0 Å². The van der Waals surface area contributed by atoms with Crippen molar-refractivity contribution in [3.05, 3.63) is 23.7 Å². The fourth-order valence-corrected chi connectivity index (χ4v) is 1.50. The number of nitriles is 1. The van der Waals surface area contributed by atoms with Crippen molar-refractivity contribution in [2.24, 2.45) is 0 Å². The van der Waals surface area contributed by atoms with Gasteiger partial charge >= 0.3 is 0 Å². The summed E-state index contributed by atoms with van der Waals surface area (Å²) < 4.78 is 5.49. The first-order chi connectivity index (χ1) is 7.22. The zero-order chi connectivity index (χ0) is 11.1. The van der Waals surface area contributed by atoms with Crippen LogP contribution in [-0.4, -0.2) is 18.5 Å². The monoisotopic (exact) mass is 206 g/mol. The Morgan fingerprint density at radius 2 is 2.20 bits per heavy atom. The van der Waals surface area contributed by atoms with E-state index in [1.807, 2.05) is 19.1 Å². The summed E-state index contributed by atoms with van der Waals surface area (Å²) in [4.78, 5) is 2.22. The predicted octanol–water partition coefficient (Wildman–Crippen LogP) is 2.71. The van der Waals surface area contributed by atoms with Crippen molar-refractivity contribution in [1.82, 2.24) is 4.90 Å². The van der Waals surface area contributed by atoms with Crippen LogP contribution in [0.1, 0.15) is 30.8 Å². The minimum atomic E-state index is 0.660. The molecule has 0 bridgehead atoms. The van der Waals surface area contributed by atoms with Gasteiger partial charge in [0.25, 0.3) is 0 Å². The van der Waals surface area contributed by atoms with Crippen molar-refractivity contribution in [2.45, 2.75) is 32.7 Å². The fourth-order valence-electron chi connectivity index (χ4n) is 1.50. The lowest BCUT2D eigenvalue weighted by atomic mass is 10.2. The Kier molecular flexibility index (Phi) is 4.92. The molecule has 1 aromatic rings. The molecule has 0 aromatic carbocycles. The van der Waals surface area contributed by atoms with Crippen molar-refractivity contribution < 1.29 is 4.42 Å². The van der Waals surface area contributed by atoms with E-state index in [9.17, 15) is 0 Å². The fraction of sp³-hybridized carbons (Fsp3) is 0.583. The quantitative estimate of drug-likeness (QED) is 0.672. The van der Waals surface area contributed by atoms with Gasteiger partial charge in [-0.25, -0.2) is 0 Å². The van der Waals surface area contributed by atoms with Crippen molar-refractivity contribution in [2.75, 3.05) is 13.6 Å². The first kappa shape index (κ1) is 11.8. The van der Waals surface area contributed by atoms with Crippen LogP contribution in [0.2, 0.25) is 0 Å². The summed E-state index contributed by atoms with van der Waals surface area (Å²) in [6, 6.07) is 6.16. The molecule has 0 N–H and O–H groups in total. The first-order valence-electron chi connectivity index (χ1n) is 5.33. The van der Waals surface area contributed by atoms with Gasteiger partial charge in [0.05, 0.1) is 12.6 Å². The minimum absolute atomic E-state index is 0.660. The van der Waals surface area contributed by atoms with Crippen LogP contribution >= 0.6 is 0 Å². The molecule has 0 atom stereocenters. The zero-order valence-electron chi connectivity index (χ0n) is 9.49. The molecule has 0 radical (unpaired) electrons. The summed E-state index contributed by atoms with van der Waals surface area (Å²) in [7, 11) is 2.07. The van der Waals surface area contributed by atoms with Gasteiger partial charge in [0.1, 0.15) is 11.5 Å². The molecule has 0 aliphatic rings. The number of furan rings is 1. The van der Waals surface area contributed by atoms with E-state index < -0.39 is 0 Å². The molecule has 0 aliphatic heterocycles. The number of unbranched alkanes of at least 4 members (excludes halogenated alkanes) is 2. The molecule has 0 saturated heterocycles. The van der Waals surface area contributed by atoms with E-state index in [1.54, 1.807) is 0 Å². The molecule has 0 spiro atoms. The van der Waals surface area contributed by atoms with Gasteiger partial charge in [-0.1, -0.05) is 0 Å². The van der Waals surface area contributed by atoms with Gasteiger partial charge in [0, 0.05) is 6.42 Å². The summed E-state index contributed by atoms with van der Waals surface area (Å²) in [6.45, 7) is 3.82. The molecule has 3 nitrogen and oxygen atoms in total. The van der Waals surface area contributed by atoms with Gasteiger partial charge in [0.15, 0.2) is 0 Å². The number of nitrogens with zero attached hydrogens (tertiary/aromatic N) is 2. The maximum Gasteiger partial charge on any atom is 0.118 e. The molecule has 0 amide bonds. The van der Waals surface area contributed by atoms with Crippen molar-refractivity contribution in [1.29, 1.82) is 5.26 Å². The smallest absolute Gasteiger partial charge is 0.118 e. The third kappa shape index (κ3) is 4.66. The molecule has 0 saturated carbocycles. The van der Waals surface area contributed by atoms with Gasteiger partial charge in [-0.15, -0.1) is 0 Å². The van der Waals surface area contributed by atoms with Crippen LogP contribution in [0.25, 0.3) is 0 Å². The van der Waals surface area contributed by atoms with Crippen LogP contribution in [0.3, 0.4) is 0 Å². The molecule has 1 rings (SSSR count). The molecular weight excluding hydrogens is 188 g/mol. The van der Waals surface area contributed by atoms with Crippen molar-refractivity contribution >= 4 is 0 Å². The van der Waals surface area contributed by atoms with Gasteiger partial charge in [-0.05, 0) is 45.5 Å². The van der Waals surface area contributed by atoms with Gasteiger partial charge in [0.2, 0.25) is 0 Å². The van der Waals surface area contributed by atoms with Crippen molar-refractivity contribution in [3.63, 3.8) is 0 Å². The van der Waals surface area contributed by atoms with E-state index in [0.29, 0.717) is 6.42 Å². The second kappa shape index (κ2) is 6.26. The second-order valence-electron chi connectivity index (χ2n) is 3.87. The predicted molar refractivity (Wildman–Crippen MR) is 59.2 cm³/mol. The van der Waals surface area contributed by atoms with Gasteiger partial charge in [-0.2, -0.15) is 5.26 Å². The van der Waals surface area contributed by atoms with Crippen molar-refractivity contribution in [3.8, 4) is 6.07 Å². The molecule has 3 heteroatoms. The Balaban J connectivity index is 2.19. The lowest BCUT2D eigenvalue weighted by molar-refractivity contribution is 0.287. The van der Waals surface area contributed by atoms with Gasteiger partial charge in [-0.3, -0.25) is 4.90 Å². The van der Waals surface area contributed by atoms with E-state index in [4.69, 9.17) is 9.68 Å². The highest BCUT2D eigenvalue weighted by molar-refractivity contribution is 5.05. The van der Waals surface area contributed by atoms with Crippen LogP contribution in [-0.2, 0) is 6.54 Å². The third-order valence-electron chi connectivity index (χ3n) is 2.30. The Labute approximate surface area is 91.3 Å². The molecule has 0 unspecified atom stereocenters. The molecule has 15 heavy (non-hydrogen) atoms. The largest absolute Gasteiger partial charge is 0.465 e. The maximum atomic E-state index is 8.39. The second-order valence-corrected chi connectivity index (χ2v) is 3.87. The first-order valence-corrected chi connectivity index (χ1v) is 5.33. The van der Waals surface area contributed by atoms with Gasteiger partial charge < -0.3 is 4.42 Å². The SMILES string of the molecule is Cc1ccc(CN(C)CCCCC#N)o1. The molecular formula is C12H18N2O. The zero-order valence-corrected chi connectivity index (χ0v) is 9.49. The molecule has 1 heterocycles. The standard InChI is InChI=1S/C12H18N2O/c1-11-6-7-12(15-11)10-14(2)9-5-3-4-8-13/h6-7H,3-5,9-10H2,1-2H3. The van der Waals surface area contributed by atoms with E-state index in [2.05, 4.69) is 18.0 Å². The number of rotatable bonds is 6. The maximum absolute atomic E-state index is 8.39. The van der Waals surface area contributed by atoms with E-state index in [-0.39, 0.29) is 0 Å². The van der Waals surface area contributed by atoms with E-state index in [1.165, 1.54) is 0 Å². The number of aryl methyl sites for hydroxylation is 1. The van der Waals surface area contributed by atoms with Crippen LogP contribution < -0.4 is 0 Å². The van der Waals surface area contributed by atoms with E-state index in [0.717, 1.165) is 37.5 Å². The highest BCUT2D eigenvalue weighted by Crippen LogP contribution is 2.09. The third-order valence-corrected chi connectivity index (χ3v) is 2.30. The lowest BCUT2D eigenvalue weighted by Gasteiger charge is -2.14. The summed E-state index contributed by atoms with van der Waals surface area (Å²) in [5.41, 5.74) is 0. The average molecular weight is 206 g/mol. The number of hydrogen-bond acceptors (Lipinski definition) is 3. The molecule has 0 aliphatic carbocycles.